The van der Waals surface area contributed by atoms with Gasteiger partial charge in [-0.2, -0.15) is 0 Å². The van der Waals surface area contributed by atoms with Gasteiger partial charge in [-0.25, -0.2) is 4.98 Å². The van der Waals surface area contributed by atoms with E-state index in [-0.39, 0.29) is 12.5 Å². The number of oxazole rings is 1. The normalized spacial score (nSPS) is 10.7. The minimum atomic E-state index is -0.745. The third-order valence-electron chi connectivity index (χ3n) is 1.84. The number of nitrogens with zero attached hydrogens (tertiary/aromatic N) is 1. The quantitative estimate of drug-likeness (QED) is 0.768. The van der Waals surface area contributed by atoms with Gasteiger partial charge in [0.1, 0.15) is 5.52 Å². The molecule has 0 aliphatic heterocycles. The fraction of sp³-hybridized carbons (Fsp3) is 0.111. The molecule has 0 radical (unpaired) electrons. The number of rotatable bonds is 2. The van der Waals surface area contributed by atoms with Crippen molar-refractivity contribution in [3.8, 4) is 0 Å². The molecule has 0 bridgehead atoms. The van der Waals surface area contributed by atoms with Crippen molar-refractivity contribution in [2.45, 2.75) is 6.61 Å². The number of para-hydroxylation sites is 1. The van der Waals surface area contributed by atoms with Crippen LogP contribution in [0.15, 0.2) is 22.6 Å². The zero-order valence-electron chi connectivity index (χ0n) is 7.03. The molecule has 0 unspecified atom stereocenters. The van der Waals surface area contributed by atoms with Gasteiger partial charge in [-0.05, 0) is 17.7 Å². The van der Waals surface area contributed by atoms with Gasteiger partial charge in [-0.15, -0.1) is 0 Å². The molecule has 0 saturated heterocycles. The summed E-state index contributed by atoms with van der Waals surface area (Å²) < 4.78 is 5.10. The Kier molecular flexibility index (Phi) is 2.23. The van der Waals surface area contributed by atoms with Crippen molar-refractivity contribution in [1.29, 1.82) is 0 Å². The molecule has 0 fully saturated rings. The second-order valence-corrected chi connectivity index (χ2v) is 3.06. The summed E-state index contributed by atoms with van der Waals surface area (Å²) in [5.74, 6) is -0.150. The molecule has 0 spiro atoms. The van der Waals surface area contributed by atoms with Gasteiger partial charge in [0.2, 0.25) is 0 Å². The second-order valence-electron chi connectivity index (χ2n) is 2.72. The average Bonchev–Trinajstić information content (AvgIpc) is 2.60. The van der Waals surface area contributed by atoms with Crippen LogP contribution in [0.5, 0.6) is 0 Å². The van der Waals surface area contributed by atoms with Gasteiger partial charge < -0.3 is 9.52 Å². The fourth-order valence-electron chi connectivity index (χ4n) is 1.21. The molecule has 0 aliphatic rings. The number of hydrogen-bond donors (Lipinski definition) is 1. The summed E-state index contributed by atoms with van der Waals surface area (Å²) in [7, 11) is 0. The lowest BCUT2D eigenvalue weighted by Gasteiger charge is -1.93. The van der Waals surface area contributed by atoms with Gasteiger partial charge in [-0.1, -0.05) is 12.1 Å². The molecule has 0 saturated carbocycles. The van der Waals surface area contributed by atoms with Crippen LogP contribution in [0, 0.1) is 0 Å². The Bertz CT molecular complexity index is 492. The summed E-state index contributed by atoms with van der Waals surface area (Å²) in [6, 6.07) is 5.09. The van der Waals surface area contributed by atoms with Crippen molar-refractivity contribution in [2.24, 2.45) is 0 Å². The minimum absolute atomic E-state index is 0.150. The molecule has 14 heavy (non-hydrogen) atoms. The number of hydrogen-bond acceptors (Lipinski definition) is 4. The van der Waals surface area contributed by atoms with E-state index in [2.05, 4.69) is 4.98 Å². The maximum Gasteiger partial charge on any atom is 0.307 e. The molecule has 2 aromatic rings. The highest BCUT2D eigenvalue weighted by atomic mass is 35.5. The Morgan fingerprint density at radius 3 is 3.00 bits per heavy atom. The van der Waals surface area contributed by atoms with Gasteiger partial charge in [-0.3, -0.25) is 4.79 Å². The lowest BCUT2D eigenvalue weighted by molar-refractivity contribution is 0.105. The maximum absolute atomic E-state index is 10.8. The first-order valence-corrected chi connectivity index (χ1v) is 4.29. The van der Waals surface area contributed by atoms with Crippen LogP contribution in [-0.4, -0.2) is 15.3 Å². The Morgan fingerprint density at radius 2 is 2.36 bits per heavy atom. The zero-order valence-corrected chi connectivity index (χ0v) is 7.78. The summed E-state index contributed by atoms with van der Waals surface area (Å²) in [6.07, 6.45) is 0. The smallest absolute Gasteiger partial charge is 0.307 e. The van der Waals surface area contributed by atoms with E-state index in [0.29, 0.717) is 16.7 Å². The first kappa shape index (κ1) is 9.18. The lowest BCUT2D eigenvalue weighted by atomic mass is 10.2. The van der Waals surface area contributed by atoms with Gasteiger partial charge in [0, 0.05) is 5.56 Å². The standard InChI is InChI=1S/C9H6ClNO3/c10-8(13)9-11-6-3-1-2-5(4-12)7(6)14-9/h1-3,12H,4H2. The molecule has 0 amide bonds. The Hall–Kier alpha value is -1.39. The largest absolute Gasteiger partial charge is 0.432 e. The Labute approximate surface area is 84.1 Å². The Morgan fingerprint density at radius 1 is 1.57 bits per heavy atom. The third kappa shape index (κ3) is 1.38. The highest BCUT2D eigenvalue weighted by Crippen LogP contribution is 2.20. The number of aliphatic hydroxyl groups excluding tert-OH is 1. The van der Waals surface area contributed by atoms with Crippen LogP contribution < -0.4 is 0 Å². The first-order chi connectivity index (χ1) is 6.72. The van der Waals surface area contributed by atoms with E-state index in [1.54, 1.807) is 18.2 Å². The van der Waals surface area contributed by atoms with E-state index in [4.69, 9.17) is 21.1 Å². The number of fused-ring (bicyclic) bond motifs is 1. The SMILES string of the molecule is O=C(Cl)c1nc2cccc(CO)c2o1. The number of carbonyl (C=O) groups is 1. The van der Waals surface area contributed by atoms with E-state index >= 15 is 0 Å². The molecule has 5 heteroatoms. The van der Waals surface area contributed by atoms with Gasteiger partial charge in [0.25, 0.3) is 5.89 Å². The van der Waals surface area contributed by atoms with Gasteiger partial charge >= 0.3 is 5.24 Å². The van der Waals surface area contributed by atoms with Crippen molar-refractivity contribution in [1.82, 2.24) is 4.98 Å². The summed E-state index contributed by atoms with van der Waals surface area (Å²) >= 11 is 5.21. The molecule has 72 valence electrons. The predicted octanol–water partition coefficient (Wildman–Crippen LogP) is 1.70. The van der Waals surface area contributed by atoms with E-state index in [9.17, 15) is 4.79 Å². The van der Waals surface area contributed by atoms with Crippen LogP contribution >= 0.6 is 11.6 Å². The summed E-state index contributed by atoms with van der Waals surface area (Å²) in [5.41, 5.74) is 1.50. The van der Waals surface area contributed by atoms with Crippen LogP contribution in [0.3, 0.4) is 0 Å². The molecule has 4 nitrogen and oxygen atoms in total. The molecule has 1 aromatic heterocycles. The van der Waals surface area contributed by atoms with Crippen molar-refractivity contribution in [3.63, 3.8) is 0 Å². The number of benzene rings is 1. The molecule has 0 aliphatic carbocycles. The molecule has 1 N–H and O–H groups in total. The third-order valence-corrected chi connectivity index (χ3v) is 2.00. The number of aliphatic hydroxyl groups is 1. The summed E-state index contributed by atoms with van der Waals surface area (Å²) in [5, 5.41) is 8.23. The molecular weight excluding hydrogens is 206 g/mol. The highest BCUT2D eigenvalue weighted by Gasteiger charge is 2.13. The van der Waals surface area contributed by atoms with Gasteiger partial charge in [0.05, 0.1) is 6.61 Å². The topological polar surface area (TPSA) is 63.3 Å². The number of carbonyl (C=O) groups excluding carboxylic acids is 1. The van der Waals surface area contributed by atoms with E-state index in [1.165, 1.54) is 0 Å². The highest BCUT2D eigenvalue weighted by molar-refractivity contribution is 6.67. The van der Waals surface area contributed by atoms with Crippen LogP contribution in [0.4, 0.5) is 0 Å². The zero-order chi connectivity index (χ0) is 10.1. The van der Waals surface area contributed by atoms with E-state index < -0.39 is 5.24 Å². The van der Waals surface area contributed by atoms with E-state index in [0.717, 1.165) is 0 Å². The molecule has 1 aromatic carbocycles. The molecule has 0 atom stereocenters. The van der Waals surface area contributed by atoms with Crippen molar-refractivity contribution in [2.75, 3.05) is 0 Å². The molecule has 1 heterocycles. The maximum atomic E-state index is 10.8. The monoisotopic (exact) mass is 211 g/mol. The lowest BCUT2D eigenvalue weighted by Crippen LogP contribution is -1.85. The second kappa shape index (κ2) is 3.40. The molecular formula is C9H6ClNO3. The number of halogens is 1. The predicted molar refractivity (Wildman–Crippen MR) is 50.1 cm³/mol. The van der Waals surface area contributed by atoms with Gasteiger partial charge in [0.15, 0.2) is 5.58 Å². The average molecular weight is 212 g/mol. The number of aromatic nitrogens is 1. The van der Waals surface area contributed by atoms with Crippen LogP contribution in [0.2, 0.25) is 0 Å². The molecule has 2 rings (SSSR count). The summed E-state index contributed by atoms with van der Waals surface area (Å²) in [4.78, 5) is 14.6. The van der Waals surface area contributed by atoms with Crippen LogP contribution in [-0.2, 0) is 6.61 Å². The van der Waals surface area contributed by atoms with E-state index in [1.807, 2.05) is 0 Å². The van der Waals surface area contributed by atoms with Crippen LogP contribution in [0.25, 0.3) is 11.1 Å². The first-order valence-electron chi connectivity index (χ1n) is 3.91. The fourth-order valence-corrected chi connectivity index (χ4v) is 1.30. The van der Waals surface area contributed by atoms with Crippen molar-refractivity contribution >= 4 is 27.9 Å². The van der Waals surface area contributed by atoms with Crippen molar-refractivity contribution < 1.29 is 14.3 Å². The van der Waals surface area contributed by atoms with Crippen molar-refractivity contribution in [3.05, 3.63) is 29.7 Å². The summed E-state index contributed by atoms with van der Waals surface area (Å²) in [6.45, 7) is -0.164. The minimum Gasteiger partial charge on any atom is -0.432 e. The Balaban J connectivity index is 2.70. The van der Waals surface area contributed by atoms with Crippen LogP contribution in [0.1, 0.15) is 16.2 Å².